The Morgan fingerprint density at radius 2 is 1.40 bits per heavy atom. The molecule has 30 heavy (non-hydrogen) atoms. The molecule has 0 bridgehead atoms. The third-order valence-electron chi connectivity index (χ3n) is 4.58. The lowest BCUT2D eigenvalue weighted by molar-refractivity contribution is 0.0773. The molecule has 7 heteroatoms. The Hall–Kier alpha value is -2.73. The van der Waals surface area contributed by atoms with Crippen molar-refractivity contribution in [3.05, 3.63) is 59.7 Å². The molecular weight excluding hydrogens is 402 g/mol. The predicted molar refractivity (Wildman–Crippen MR) is 124 cm³/mol. The third kappa shape index (κ3) is 8.33. The van der Waals surface area contributed by atoms with Crippen LogP contribution in [-0.4, -0.2) is 43.3 Å². The van der Waals surface area contributed by atoms with Gasteiger partial charge in [0.15, 0.2) is 0 Å². The van der Waals surface area contributed by atoms with Crippen molar-refractivity contribution < 1.29 is 14.3 Å². The number of hydrogen-bond acceptors (Lipinski definition) is 5. The van der Waals surface area contributed by atoms with Crippen LogP contribution in [0.5, 0.6) is 11.5 Å². The number of ether oxygens (including phenoxy) is 2. The van der Waals surface area contributed by atoms with Gasteiger partial charge in [-0.2, -0.15) is 5.10 Å². The van der Waals surface area contributed by atoms with Crippen LogP contribution in [0.4, 0.5) is 0 Å². The summed E-state index contributed by atoms with van der Waals surface area (Å²) in [6.07, 6.45) is 4.54. The van der Waals surface area contributed by atoms with Gasteiger partial charge in [0, 0.05) is 18.7 Å². The number of carbonyl (C=O) groups is 1. The van der Waals surface area contributed by atoms with E-state index in [1.807, 2.05) is 62.4 Å². The minimum absolute atomic E-state index is 0. The number of halogens is 1. The maximum Gasteiger partial charge on any atom is 0.253 e. The Labute approximate surface area is 185 Å². The van der Waals surface area contributed by atoms with Crippen molar-refractivity contribution in [3.8, 4) is 11.5 Å². The first-order valence-electron chi connectivity index (χ1n) is 10.2. The van der Waals surface area contributed by atoms with Crippen LogP contribution in [-0.2, 0) is 0 Å². The van der Waals surface area contributed by atoms with Crippen LogP contribution >= 0.6 is 12.4 Å². The lowest BCUT2D eigenvalue weighted by Gasteiger charge is -2.18. The summed E-state index contributed by atoms with van der Waals surface area (Å²) >= 11 is 0. The van der Waals surface area contributed by atoms with Crippen molar-refractivity contribution in [2.45, 2.75) is 33.1 Å². The van der Waals surface area contributed by atoms with E-state index in [0.717, 1.165) is 36.3 Å². The molecule has 0 radical (unpaired) electrons. The third-order valence-corrected chi connectivity index (χ3v) is 4.58. The van der Waals surface area contributed by atoms with Crippen molar-refractivity contribution in [3.63, 3.8) is 0 Å². The summed E-state index contributed by atoms with van der Waals surface area (Å²) < 4.78 is 11.5. The minimum atomic E-state index is 0. The van der Waals surface area contributed by atoms with E-state index < -0.39 is 0 Å². The van der Waals surface area contributed by atoms with Crippen LogP contribution in [0.15, 0.2) is 53.6 Å². The van der Waals surface area contributed by atoms with Gasteiger partial charge in [-0.05, 0) is 87.2 Å². The quantitative estimate of drug-likeness (QED) is 0.231. The monoisotopic (exact) mass is 433 g/mol. The molecule has 2 aromatic rings. The molecule has 164 valence electrons. The second kappa shape index (κ2) is 14.3. The van der Waals surface area contributed by atoms with E-state index in [2.05, 4.69) is 5.10 Å². The highest BCUT2D eigenvalue weighted by Crippen LogP contribution is 2.15. The molecule has 0 saturated heterocycles. The van der Waals surface area contributed by atoms with Crippen LogP contribution in [0, 0.1) is 0 Å². The lowest BCUT2D eigenvalue weighted by atomic mass is 10.2. The standard InChI is InChI=1S/C23H31N3O3.ClH/c1-3-26(4-2)23(27)20-10-14-22(15-11-20)29-17-7-5-6-16-28-21-12-8-19(9-13-21)18-25-24;/h8-15,18H,3-7,16-17,24H2,1-2H3;1H. The molecule has 6 nitrogen and oxygen atoms in total. The fourth-order valence-corrected chi connectivity index (χ4v) is 2.88. The van der Waals surface area contributed by atoms with E-state index in [9.17, 15) is 4.79 Å². The number of rotatable bonds is 12. The van der Waals surface area contributed by atoms with Gasteiger partial charge in [0.1, 0.15) is 11.5 Å². The maximum atomic E-state index is 12.3. The lowest BCUT2D eigenvalue weighted by Crippen LogP contribution is -2.30. The molecule has 2 aromatic carbocycles. The van der Waals surface area contributed by atoms with Crippen LogP contribution in [0.1, 0.15) is 49.0 Å². The average molecular weight is 434 g/mol. The van der Waals surface area contributed by atoms with Gasteiger partial charge in [0.2, 0.25) is 0 Å². The van der Waals surface area contributed by atoms with Gasteiger partial charge < -0.3 is 20.2 Å². The smallest absolute Gasteiger partial charge is 0.253 e. The average Bonchev–Trinajstić information content (AvgIpc) is 2.75. The highest BCUT2D eigenvalue weighted by molar-refractivity contribution is 5.94. The summed E-state index contributed by atoms with van der Waals surface area (Å²) in [4.78, 5) is 14.1. The first-order chi connectivity index (χ1) is 14.2. The number of benzene rings is 2. The molecule has 0 unspecified atom stereocenters. The number of hydrazone groups is 1. The molecule has 0 spiro atoms. The molecule has 0 heterocycles. The Kier molecular flexibility index (Phi) is 12.0. The van der Waals surface area contributed by atoms with Crippen molar-refractivity contribution in [1.82, 2.24) is 4.90 Å². The zero-order chi connectivity index (χ0) is 20.9. The minimum Gasteiger partial charge on any atom is -0.494 e. The van der Waals surface area contributed by atoms with Crippen molar-refractivity contribution in [2.24, 2.45) is 10.9 Å². The Bertz CT molecular complexity index is 760. The summed E-state index contributed by atoms with van der Waals surface area (Å²) in [7, 11) is 0. The first-order valence-corrected chi connectivity index (χ1v) is 10.2. The molecule has 0 fully saturated rings. The van der Waals surface area contributed by atoms with Gasteiger partial charge in [-0.3, -0.25) is 4.79 Å². The van der Waals surface area contributed by atoms with Gasteiger partial charge in [-0.15, -0.1) is 12.4 Å². The topological polar surface area (TPSA) is 77.2 Å². The SMILES string of the molecule is CCN(CC)C(=O)c1ccc(OCCCCCOc2ccc(C=NN)cc2)cc1.Cl. The van der Waals surface area contributed by atoms with Crippen LogP contribution in [0.25, 0.3) is 0 Å². The Balaban J connectivity index is 0.00000450. The van der Waals surface area contributed by atoms with Crippen molar-refractivity contribution in [2.75, 3.05) is 26.3 Å². The predicted octanol–water partition coefficient (Wildman–Crippen LogP) is 4.51. The summed E-state index contributed by atoms with van der Waals surface area (Å²) in [6.45, 7) is 6.72. The number of hydrogen-bond donors (Lipinski definition) is 1. The van der Waals surface area contributed by atoms with Crippen LogP contribution in [0.3, 0.4) is 0 Å². The van der Waals surface area contributed by atoms with E-state index in [-0.39, 0.29) is 18.3 Å². The second-order valence-corrected chi connectivity index (χ2v) is 6.61. The zero-order valence-corrected chi connectivity index (χ0v) is 18.6. The van der Waals surface area contributed by atoms with Gasteiger partial charge in [0.25, 0.3) is 5.91 Å². The molecule has 2 rings (SSSR count). The number of carbonyl (C=O) groups excluding carboxylic acids is 1. The van der Waals surface area contributed by atoms with E-state index in [4.69, 9.17) is 15.3 Å². The molecule has 0 aliphatic rings. The summed E-state index contributed by atoms with van der Waals surface area (Å²) in [5.74, 6) is 6.82. The van der Waals surface area contributed by atoms with Crippen molar-refractivity contribution >= 4 is 24.5 Å². The fraction of sp³-hybridized carbons (Fsp3) is 0.391. The number of nitrogens with zero attached hydrogens (tertiary/aromatic N) is 2. The number of unbranched alkanes of at least 4 members (excludes halogenated alkanes) is 2. The van der Waals surface area contributed by atoms with E-state index in [1.54, 1.807) is 11.1 Å². The van der Waals surface area contributed by atoms with Crippen molar-refractivity contribution in [1.29, 1.82) is 0 Å². The van der Waals surface area contributed by atoms with Crippen LogP contribution in [0.2, 0.25) is 0 Å². The first kappa shape index (κ1) is 25.3. The molecule has 0 aliphatic carbocycles. The molecule has 0 aromatic heterocycles. The molecule has 0 saturated carbocycles. The highest BCUT2D eigenvalue weighted by atomic mass is 35.5. The molecular formula is C23H32ClN3O3. The second-order valence-electron chi connectivity index (χ2n) is 6.61. The summed E-state index contributed by atoms with van der Waals surface area (Å²) in [6, 6.07) is 15.0. The van der Waals surface area contributed by atoms with Gasteiger partial charge in [-0.1, -0.05) is 0 Å². The maximum absolute atomic E-state index is 12.3. The number of amides is 1. The van der Waals surface area contributed by atoms with Gasteiger partial charge in [-0.25, -0.2) is 0 Å². The largest absolute Gasteiger partial charge is 0.494 e. The van der Waals surface area contributed by atoms with E-state index in [0.29, 0.717) is 31.9 Å². The van der Waals surface area contributed by atoms with Gasteiger partial charge in [0.05, 0.1) is 19.4 Å². The van der Waals surface area contributed by atoms with E-state index in [1.165, 1.54) is 0 Å². The van der Waals surface area contributed by atoms with Gasteiger partial charge >= 0.3 is 0 Å². The highest BCUT2D eigenvalue weighted by Gasteiger charge is 2.11. The Morgan fingerprint density at radius 1 is 0.900 bits per heavy atom. The Morgan fingerprint density at radius 3 is 1.87 bits per heavy atom. The normalized spacial score (nSPS) is 10.5. The van der Waals surface area contributed by atoms with E-state index >= 15 is 0 Å². The molecule has 0 atom stereocenters. The summed E-state index contributed by atoms with van der Waals surface area (Å²) in [5.41, 5.74) is 1.64. The zero-order valence-electron chi connectivity index (χ0n) is 17.8. The molecule has 2 N–H and O–H groups in total. The molecule has 0 aliphatic heterocycles. The molecule has 1 amide bonds. The number of nitrogens with two attached hydrogens (primary N) is 1. The summed E-state index contributed by atoms with van der Waals surface area (Å²) in [5, 5.41) is 3.49. The van der Waals surface area contributed by atoms with Crippen LogP contribution < -0.4 is 15.3 Å². The fourth-order valence-electron chi connectivity index (χ4n) is 2.88.